The van der Waals surface area contributed by atoms with Crippen molar-refractivity contribution in [1.82, 2.24) is 4.98 Å². The Bertz CT molecular complexity index is 213. The highest BCUT2D eigenvalue weighted by atomic mass is 32.1. The molecule has 1 rings (SSSR count). The molecule has 0 aliphatic carbocycles. The fourth-order valence-corrected chi connectivity index (χ4v) is 1.60. The summed E-state index contributed by atoms with van der Waals surface area (Å²) in [5.74, 6) is 0. The van der Waals surface area contributed by atoms with E-state index in [2.05, 4.69) is 4.98 Å². The van der Waals surface area contributed by atoms with Crippen LogP contribution in [0, 0.1) is 0 Å². The van der Waals surface area contributed by atoms with Gasteiger partial charge in [-0.3, -0.25) is 4.98 Å². The largest absolute Gasteiger partial charge is 0.390 e. The number of aliphatic hydroxyl groups is 2. The van der Waals surface area contributed by atoms with Crippen molar-refractivity contribution >= 4 is 11.3 Å². The van der Waals surface area contributed by atoms with Crippen molar-refractivity contribution in [2.75, 3.05) is 0 Å². The van der Waals surface area contributed by atoms with Gasteiger partial charge in [0.15, 0.2) is 0 Å². The summed E-state index contributed by atoms with van der Waals surface area (Å²) in [5, 5.41) is 18.7. The smallest absolute Gasteiger partial charge is 0.0847 e. The van der Waals surface area contributed by atoms with Gasteiger partial charge in [-0.2, -0.15) is 0 Å². The zero-order valence-corrected chi connectivity index (χ0v) is 7.79. The highest BCUT2D eigenvalue weighted by molar-refractivity contribution is 7.09. The summed E-state index contributed by atoms with van der Waals surface area (Å²) in [5.41, 5.74) is 1.72. The molecule has 0 aliphatic heterocycles. The van der Waals surface area contributed by atoms with Gasteiger partial charge < -0.3 is 10.2 Å². The van der Waals surface area contributed by atoms with Crippen molar-refractivity contribution in [2.45, 2.75) is 32.0 Å². The summed E-state index contributed by atoms with van der Waals surface area (Å²) >= 11 is 1.50. The van der Waals surface area contributed by atoms with Crippen molar-refractivity contribution in [1.29, 1.82) is 0 Å². The van der Waals surface area contributed by atoms with Crippen LogP contribution in [0.4, 0.5) is 0 Å². The second-order valence-corrected chi connectivity index (χ2v) is 3.69. The van der Waals surface area contributed by atoms with E-state index in [1.54, 1.807) is 11.7 Å². The van der Waals surface area contributed by atoms with Crippen LogP contribution in [0.15, 0.2) is 11.7 Å². The summed E-state index contributed by atoms with van der Waals surface area (Å²) in [7, 11) is 0. The molecule has 4 heteroatoms. The van der Waals surface area contributed by atoms with Gasteiger partial charge in [0.1, 0.15) is 0 Å². The van der Waals surface area contributed by atoms with E-state index in [0.29, 0.717) is 12.8 Å². The van der Waals surface area contributed by atoms with Crippen molar-refractivity contribution in [3.05, 3.63) is 16.6 Å². The maximum Gasteiger partial charge on any atom is 0.0847 e. The van der Waals surface area contributed by atoms with Crippen LogP contribution < -0.4 is 0 Å². The summed E-state index contributed by atoms with van der Waals surface area (Å²) in [6.07, 6.45) is 1.53. The fourth-order valence-electron chi connectivity index (χ4n) is 0.957. The first-order valence-electron chi connectivity index (χ1n) is 3.97. The number of hydrogen-bond acceptors (Lipinski definition) is 4. The SMILES string of the molecule is CCC(O)C(O)Cc1cncs1. The molecule has 0 aliphatic rings. The third-order valence-corrected chi connectivity index (χ3v) is 2.56. The fraction of sp³-hybridized carbons (Fsp3) is 0.625. The average Bonchev–Trinajstić information content (AvgIpc) is 2.55. The van der Waals surface area contributed by atoms with E-state index >= 15 is 0 Å². The Kier molecular flexibility index (Phi) is 3.65. The molecule has 2 unspecified atom stereocenters. The molecule has 0 saturated heterocycles. The highest BCUT2D eigenvalue weighted by Crippen LogP contribution is 2.11. The topological polar surface area (TPSA) is 53.4 Å². The zero-order chi connectivity index (χ0) is 8.97. The Labute approximate surface area is 75.7 Å². The van der Waals surface area contributed by atoms with Gasteiger partial charge in [-0.05, 0) is 6.42 Å². The average molecular weight is 187 g/mol. The van der Waals surface area contributed by atoms with Crippen molar-refractivity contribution in [2.24, 2.45) is 0 Å². The van der Waals surface area contributed by atoms with E-state index in [1.165, 1.54) is 11.3 Å². The molecule has 1 heterocycles. The van der Waals surface area contributed by atoms with E-state index in [1.807, 2.05) is 6.92 Å². The molecule has 12 heavy (non-hydrogen) atoms. The van der Waals surface area contributed by atoms with Crippen LogP contribution in [0.1, 0.15) is 18.2 Å². The lowest BCUT2D eigenvalue weighted by Gasteiger charge is -2.14. The summed E-state index contributed by atoms with van der Waals surface area (Å²) in [6.45, 7) is 1.85. The van der Waals surface area contributed by atoms with Crippen LogP contribution in [0.25, 0.3) is 0 Å². The van der Waals surface area contributed by atoms with E-state index in [-0.39, 0.29) is 0 Å². The number of thiazole rings is 1. The number of aliphatic hydroxyl groups excluding tert-OH is 2. The Morgan fingerprint density at radius 2 is 2.25 bits per heavy atom. The molecular weight excluding hydrogens is 174 g/mol. The van der Waals surface area contributed by atoms with Gasteiger partial charge in [-0.15, -0.1) is 11.3 Å². The molecule has 2 atom stereocenters. The molecule has 0 radical (unpaired) electrons. The molecule has 2 N–H and O–H groups in total. The van der Waals surface area contributed by atoms with Crippen LogP contribution in [0.5, 0.6) is 0 Å². The molecule has 0 amide bonds. The maximum absolute atomic E-state index is 9.42. The Hall–Kier alpha value is -0.450. The third-order valence-electron chi connectivity index (χ3n) is 1.76. The Morgan fingerprint density at radius 3 is 2.75 bits per heavy atom. The standard InChI is InChI=1S/C8H13NO2S/c1-2-7(10)8(11)3-6-4-9-5-12-6/h4-5,7-8,10-11H,2-3H2,1H3. The lowest BCUT2D eigenvalue weighted by molar-refractivity contribution is 0.0186. The molecule has 1 aromatic rings. The van der Waals surface area contributed by atoms with Gasteiger partial charge in [0.2, 0.25) is 0 Å². The van der Waals surface area contributed by atoms with Gasteiger partial charge in [-0.1, -0.05) is 6.92 Å². The van der Waals surface area contributed by atoms with Crippen LogP contribution in [-0.4, -0.2) is 27.4 Å². The molecule has 1 aromatic heterocycles. The second-order valence-electron chi connectivity index (χ2n) is 2.71. The summed E-state index contributed by atoms with van der Waals surface area (Å²) in [4.78, 5) is 4.90. The quantitative estimate of drug-likeness (QED) is 0.733. The van der Waals surface area contributed by atoms with E-state index in [0.717, 1.165) is 4.88 Å². The zero-order valence-electron chi connectivity index (χ0n) is 6.97. The van der Waals surface area contributed by atoms with Crippen molar-refractivity contribution < 1.29 is 10.2 Å². The number of aromatic nitrogens is 1. The molecule has 3 nitrogen and oxygen atoms in total. The molecule has 0 saturated carbocycles. The third kappa shape index (κ3) is 2.55. The predicted molar refractivity (Wildman–Crippen MR) is 48.1 cm³/mol. The monoisotopic (exact) mass is 187 g/mol. The number of hydrogen-bond donors (Lipinski definition) is 2. The first kappa shape index (κ1) is 9.64. The Morgan fingerprint density at radius 1 is 1.50 bits per heavy atom. The normalized spacial score (nSPS) is 15.9. The molecule has 0 fully saturated rings. The molecule has 0 spiro atoms. The van der Waals surface area contributed by atoms with Crippen LogP contribution in [0.2, 0.25) is 0 Å². The van der Waals surface area contributed by atoms with Crippen molar-refractivity contribution in [3.8, 4) is 0 Å². The van der Waals surface area contributed by atoms with Gasteiger partial charge in [0.25, 0.3) is 0 Å². The highest BCUT2D eigenvalue weighted by Gasteiger charge is 2.14. The predicted octanol–water partition coefficient (Wildman–Crippen LogP) is 0.817. The maximum atomic E-state index is 9.42. The van der Waals surface area contributed by atoms with Gasteiger partial charge >= 0.3 is 0 Å². The summed E-state index contributed by atoms with van der Waals surface area (Å²) in [6, 6.07) is 0. The van der Waals surface area contributed by atoms with Crippen LogP contribution >= 0.6 is 11.3 Å². The van der Waals surface area contributed by atoms with Crippen LogP contribution in [-0.2, 0) is 6.42 Å². The minimum atomic E-state index is -0.657. The van der Waals surface area contributed by atoms with E-state index < -0.39 is 12.2 Å². The van der Waals surface area contributed by atoms with Gasteiger partial charge in [-0.25, -0.2) is 0 Å². The van der Waals surface area contributed by atoms with Crippen LogP contribution in [0.3, 0.4) is 0 Å². The molecule has 0 aromatic carbocycles. The summed E-state index contributed by atoms with van der Waals surface area (Å²) < 4.78 is 0. The minimum absolute atomic E-state index is 0.500. The van der Waals surface area contributed by atoms with Gasteiger partial charge in [0, 0.05) is 17.5 Å². The van der Waals surface area contributed by atoms with Gasteiger partial charge in [0.05, 0.1) is 17.7 Å². The molecule has 0 bridgehead atoms. The van der Waals surface area contributed by atoms with Crippen molar-refractivity contribution in [3.63, 3.8) is 0 Å². The molecular formula is C8H13NO2S. The number of nitrogens with zero attached hydrogens (tertiary/aromatic N) is 1. The molecule has 68 valence electrons. The second kappa shape index (κ2) is 4.54. The minimum Gasteiger partial charge on any atom is -0.390 e. The lowest BCUT2D eigenvalue weighted by Crippen LogP contribution is -2.26. The lowest BCUT2D eigenvalue weighted by atomic mass is 10.1. The number of rotatable bonds is 4. The van der Waals surface area contributed by atoms with E-state index in [9.17, 15) is 10.2 Å². The first-order valence-corrected chi connectivity index (χ1v) is 4.85. The Balaban J connectivity index is 2.41. The first-order chi connectivity index (χ1) is 5.74. The van der Waals surface area contributed by atoms with E-state index in [4.69, 9.17) is 0 Å².